The summed E-state index contributed by atoms with van der Waals surface area (Å²) in [6.07, 6.45) is 23.4. The molecular formula is C27H58NO4PS+2. The van der Waals surface area contributed by atoms with Gasteiger partial charge in [0.1, 0.15) is 19.3 Å². The fourth-order valence-corrected chi connectivity index (χ4v) is 5.56. The molecule has 0 aliphatic carbocycles. The number of unbranched alkanes of at least 4 members (excludes halogenated alkanes) is 15. The lowest BCUT2D eigenvalue weighted by Gasteiger charge is -2.25. The second-order valence-electron chi connectivity index (χ2n) is 10.8. The molecule has 0 bridgehead atoms. The van der Waals surface area contributed by atoms with Gasteiger partial charge in [0.05, 0.1) is 25.8 Å². The Kier molecular flexibility index (Phi) is 25.2. The largest absolute Gasteiger partial charge is 0.728 e. The predicted molar refractivity (Wildman–Crippen MR) is 150 cm³/mol. The van der Waals surface area contributed by atoms with Gasteiger partial charge in [-0.15, -0.1) is 4.52 Å². The highest BCUT2D eigenvalue weighted by Gasteiger charge is 2.25. The predicted octanol–water partition coefficient (Wildman–Crippen LogP) is 9.09. The maximum Gasteiger partial charge on any atom is 0.728 e. The van der Waals surface area contributed by atoms with E-state index in [4.69, 9.17) is 14.1 Å². The van der Waals surface area contributed by atoms with Gasteiger partial charge < -0.3 is 4.48 Å². The van der Waals surface area contributed by atoms with Crippen LogP contribution < -0.4 is 0 Å². The fraction of sp³-hybridized carbons (Fsp3) is 1.00. The standard InChI is InChI=1S/C27H58NO4PS/c1-6-7-8-9-10-11-12-13-14-15-16-17-18-19-20-21-24-34-25-22-23-30-33(29)32-31-27(2)26-28(3,4)5/h27H,6-26H2,1-5H3/q+2. The highest BCUT2D eigenvalue weighted by molar-refractivity contribution is 7.99. The van der Waals surface area contributed by atoms with Gasteiger partial charge in [-0.05, 0) is 31.3 Å². The summed E-state index contributed by atoms with van der Waals surface area (Å²) in [5.74, 6) is 2.26. The summed E-state index contributed by atoms with van der Waals surface area (Å²) in [4.78, 5) is 5.15. The lowest BCUT2D eigenvalue weighted by Crippen LogP contribution is -2.41. The van der Waals surface area contributed by atoms with Crippen LogP contribution in [0.3, 0.4) is 0 Å². The Hall–Kier alpha value is 0.290. The molecule has 0 spiro atoms. The molecular weight excluding hydrogens is 465 g/mol. The molecule has 0 aromatic carbocycles. The highest BCUT2D eigenvalue weighted by atomic mass is 32.2. The Morgan fingerprint density at radius 2 is 1.15 bits per heavy atom. The molecule has 0 aliphatic rings. The lowest BCUT2D eigenvalue weighted by molar-refractivity contribution is -0.874. The van der Waals surface area contributed by atoms with Gasteiger partial charge in [-0.2, -0.15) is 16.6 Å². The number of hydrogen-bond donors (Lipinski definition) is 0. The average Bonchev–Trinajstić information content (AvgIpc) is 2.77. The molecule has 0 aliphatic heterocycles. The van der Waals surface area contributed by atoms with E-state index in [-0.39, 0.29) is 6.10 Å². The summed E-state index contributed by atoms with van der Waals surface area (Å²) >= 11 is 1.97. The van der Waals surface area contributed by atoms with Crippen LogP contribution in [0.1, 0.15) is 123 Å². The summed E-state index contributed by atoms with van der Waals surface area (Å²) in [5.41, 5.74) is 0. The molecule has 0 saturated carbocycles. The van der Waals surface area contributed by atoms with Crippen LogP contribution in [0.25, 0.3) is 0 Å². The third kappa shape index (κ3) is 28.5. The van der Waals surface area contributed by atoms with E-state index in [0.717, 1.165) is 23.2 Å². The molecule has 0 amide bonds. The van der Waals surface area contributed by atoms with Gasteiger partial charge in [0.2, 0.25) is 0 Å². The molecule has 7 heteroatoms. The molecule has 0 aromatic rings. The van der Waals surface area contributed by atoms with Crippen molar-refractivity contribution in [1.82, 2.24) is 0 Å². The minimum absolute atomic E-state index is 0.127. The van der Waals surface area contributed by atoms with Crippen molar-refractivity contribution in [1.29, 1.82) is 0 Å². The van der Waals surface area contributed by atoms with E-state index in [9.17, 15) is 4.57 Å². The molecule has 0 rings (SSSR count). The van der Waals surface area contributed by atoms with E-state index in [2.05, 4.69) is 28.1 Å². The number of quaternary nitrogens is 1. The SMILES string of the molecule is CCCCCCCCCCCCCCCCCCSCCCO[P+](=O)OOC(C)C[N+](C)(C)C. The van der Waals surface area contributed by atoms with Gasteiger partial charge in [0.15, 0.2) is 0 Å². The van der Waals surface area contributed by atoms with E-state index in [1.165, 1.54) is 108 Å². The summed E-state index contributed by atoms with van der Waals surface area (Å²) in [6, 6.07) is 0. The van der Waals surface area contributed by atoms with Crippen LogP contribution in [0, 0.1) is 0 Å². The molecule has 5 nitrogen and oxygen atoms in total. The first-order valence-electron chi connectivity index (χ1n) is 14.2. The monoisotopic (exact) mass is 523 g/mol. The van der Waals surface area contributed by atoms with E-state index >= 15 is 0 Å². The first-order valence-corrected chi connectivity index (χ1v) is 16.4. The van der Waals surface area contributed by atoms with Gasteiger partial charge in [0.25, 0.3) is 0 Å². The molecule has 0 fully saturated rings. The molecule has 2 unspecified atom stereocenters. The average molecular weight is 524 g/mol. The van der Waals surface area contributed by atoms with Crippen LogP contribution in [-0.4, -0.2) is 56.4 Å². The smallest absolute Gasteiger partial charge is 0.329 e. The van der Waals surface area contributed by atoms with Crippen molar-refractivity contribution in [3.8, 4) is 0 Å². The van der Waals surface area contributed by atoms with E-state index in [1.807, 2.05) is 18.7 Å². The quantitative estimate of drug-likeness (QED) is 0.0353. The molecule has 204 valence electrons. The topological polar surface area (TPSA) is 44.8 Å². The Bertz CT molecular complexity index is 449. The zero-order valence-corrected chi connectivity index (χ0v) is 25.1. The van der Waals surface area contributed by atoms with Crippen molar-refractivity contribution < 1.29 is 23.1 Å². The lowest BCUT2D eigenvalue weighted by atomic mass is 10.0. The summed E-state index contributed by atoms with van der Waals surface area (Å²) in [6.45, 7) is 5.42. The molecule has 0 radical (unpaired) electrons. The third-order valence-corrected chi connectivity index (χ3v) is 7.60. The van der Waals surface area contributed by atoms with Crippen LogP contribution in [0.15, 0.2) is 0 Å². The van der Waals surface area contributed by atoms with Crippen molar-refractivity contribution in [3.05, 3.63) is 0 Å². The van der Waals surface area contributed by atoms with Crippen LogP contribution in [0.4, 0.5) is 0 Å². The second kappa shape index (κ2) is 25.0. The van der Waals surface area contributed by atoms with Crippen LogP contribution in [0.5, 0.6) is 0 Å². The first-order chi connectivity index (χ1) is 16.3. The Morgan fingerprint density at radius 3 is 1.62 bits per heavy atom. The second-order valence-corrected chi connectivity index (χ2v) is 12.9. The Morgan fingerprint density at radius 1 is 0.706 bits per heavy atom. The molecule has 0 aromatic heterocycles. The van der Waals surface area contributed by atoms with Gasteiger partial charge in [-0.25, -0.2) is 0 Å². The summed E-state index contributed by atoms with van der Waals surface area (Å²) in [7, 11) is 4.04. The zero-order valence-electron chi connectivity index (χ0n) is 23.4. The molecule has 34 heavy (non-hydrogen) atoms. The van der Waals surface area contributed by atoms with Crippen molar-refractivity contribution in [2.24, 2.45) is 0 Å². The van der Waals surface area contributed by atoms with E-state index in [1.54, 1.807) is 0 Å². The minimum atomic E-state index is -2.19. The van der Waals surface area contributed by atoms with Crippen LogP contribution in [-0.2, 0) is 18.7 Å². The highest BCUT2D eigenvalue weighted by Crippen LogP contribution is 2.25. The maximum absolute atomic E-state index is 11.7. The number of nitrogens with zero attached hydrogens (tertiary/aromatic N) is 1. The minimum Gasteiger partial charge on any atom is -0.329 e. The molecule has 0 N–H and O–H groups in total. The number of rotatable bonds is 27. The van der Waals surface area contributed by atoms with Crippen molar-refractivity contribution >= 4 is 20.0 Å². The van der Waals surface area contributed by atoms with Gasteiger partial charge >= 0.3 is 8.25 Å². The maximum atomic E-state index is 11.7. The van der Waals surface area contributed by atoms with E-state index in [0.29, 0.717) is 6.61 Å². The zero-order chi connectivity index (χ0) is 25.3. The summed E-state index contributed by atoms with van der Waals surface area (Å²) < 4.78 is 22.5. The number of hydrogen-bond acceptors (Lipinski definition) is 5. The van der Waals surface area contributed by atoms with Crippen molar-refractivity contribution in [2.45, 2.75) is 129 Å². The van der Waals surface area contributed by atoms with Crippen molar-refractivity contribution in [2.75, 3.05) is 45.8 Å². The Balaban J connectivity index is 3.21. The van der Waals surface area contributed by atoms with Crippen LogP contribution in [0.2, 0.25) is 0 Å². The first kappa shape index (κ1) is 34.3. The summed E-state index contributed by atoms with van der Waals surface area (Å²) in [5, 5.41) is 0. The molecule has 0 saturated heterocycles. The van der Waals surface area contributed by atoms with Gasteiger partial charge in [0, 0.05) is 4.57 Å². The number of likely N-dealkylation sites (N-methyl/N-ethyl adjacent to an activating group) is 1. The third-order valence-electron chi connectivity index (χ3n) is 5.84. The molecule has 0 heterocycles. The normalized spacial score (nSPS) is 13.4. The van der Waals surface area contributed by atoms with E-state index < -0.39 is 8.25 Å². The van der Waals surface area contributed by atoms with Crippen LogP contribution >= 0.6 is 20.0 Å². The fourth-order valence-electron chi connectivity index (χ4n) is 4.09. The number of thioether (sulfide) groups is 1. The Labute approximate surface area is 217 Å². The van der Waals surface area contributed by atoms with Gasteiger partial charge in [-0.3, -0.25) is 0 Å². The molecule has 2 atom stereocenters. The van der Waals surface area contributed by atoms with Gasteiger partial charge in [-0.1, -0.05) is 103 Å². The van der Waals surface area contributed by atoms with Crippen molar-refractivity contribution in [3.63, 3.8) is 0 Å².